The Kier molecular flexibility index (Phi) is 8.02. The number of carboxylic acid groups (broad SMARTS) is 1. The summed E-state index contributed by atoms with van der Waals surface area (Å²) in [6.45, 7) is 5.91. The minimum Gasteiger partial charge on any atom is -0.477 e. The molecule has 1 aromatic heterocycles. The van der Waals surface area contributed by atoms with E-state index in [0.29, 0.717) is 42.2 Å². The number of carbonyl (C=O) groups excluding carboxylic acids is 1. The lowest BCUT2D eigenvalue weighted by molar-refractivity contribution is -0.124. The summed E-state index contributed by atoms with van der Waals surface area (Å²) in [6.07, 6.45) is 5.95. The summed E-state index contributed by atoms with van der Waals surface area (Å²) in [5.41, 5.74) is -0.200. The highest BCUT2D eigenvalue weighted by Crippen LogP contribution is 2.38. The van der Waals surface area contributed by atoms with Gasteiger partial charge in [0.1, 0.15) is 10.5 Å². The molecule has 1 aromatic rings. The maximum absolute atomic E-state index is 13.8. The standard InChI is InChI=1S/C25H35NO5S/c1-16-5-7-17(8-6-16)23(28)26(18-9-11-19(27)12-10-18)21-15-20(32-22(21)24(29)30)13-14-25(2,3)31-4/h15-19,27H,5-12H2,1-4H3,(H,29,30). The number of hydrogen-bond donors (Lipinski definition) is 2. The van der Waals surface area contributed by atoms with Crippen molar-refractivity contribution < 1.29 is 24.5 Å². The summed E-state index contributed by atoms with van der Waals surface area (Å²) >= 11 is 1.10. The largest absolute Gasteiger partial charge is 0.477 e. The third kappa shape index (κ3) is 5.92. The van der Waals surface area contributed by atoms with Crippen molar-refractivity contribution in [3.8, 4) is 11.8 Å². The summed E-state index contributed by atoms with van der Waals surface area (Å²) in [5.74, 6) is 5.60. The highest BCUT2D eigenvalue weighted by atomic mass is 32.1. The van der Waals surface area contributed by atoms with Gasteiger partial charge in [-0.25, -0.2) is 4.79 Å². The predicted molar refractivity (Wildman–Crippen MR) is 126 cm³/mol. The Morgan fingerprint density at radius 1 is 1.12 bits per heavy atom. The molecule has 1 heterocycles. The van der Waals surface area contributed by atoms with E-state index in [-0.39, 0.29) is 28.8 Å². The molecule has 0 unspecified atom stereocenters. The van der Waals surface area contributed by atoms with Crippen molar-refractivity contribution in [2.75, 3.05) is 12.0 Å². The molecular weight excluding hydrogens is 426 g/mol. The first-order chi connectivity index (χ1) is 15.1. The molecule has 32 heavy (non-hydrogen) atoms. The second-order valence-electron chi connectivity index (χ2n) is 9.72. The van der Waals surface area contributed by atoms with E-state index >= 15 is 0 Å². The molecule has 0 radical (unpaired) electrons. The van der Waals surface area contributed by atoms with Gasteiger partial charge in [-0.15, -0.1) is 11.3 Å². The first kappa shape index (κ1) is 24.8. The molecule has 2 N–H and O–H groups in total. The summed E-state index contributed by atoms with van der Waals surface area (Å²) in [4.78, 5) is 28.4. The van der Waals surface area contributed by atoms with Crippen LogP contribution >= 0.6 is 11.3 Å². The van der Waals surface area contributed by atoms with Crippen LogP contribution < -0.4 is 4.90 Å². The van der Waals surface area contributed by atoms with Crippen LogP contribution in [0.2, 0.25) is 0 Å². The van der Waals surface area contributed by atoms with Crippen LogP contribution in [0.5, 0.6) is 0 Å². The number of rotatable bonds is 5. The molecule has 0 aliphatic heterocycles. The predicted octanol–water partition coefficient (Wildman–Crippen LogP) is 4.69. The monoisotopic (exact) mass is 461 g/mol. The van der Waals surface area contributed by atoms with E-state index in [9.17, 15) is 19.8 Å². The molecule has 0 bridgehead atoms. The van der Waals surface area contributed by atoms with Crippen LogP contribution in [0.3, 0.4) is 0 Å². The van der Waals surface area contributed by atoms with Gasteiger partial charge in [0.25, 0.3) is 0 Å². The Balaban J connectivity index is 1.99. The zero-order valence-corrected chi connectivity index (χ0v) is 20.3. The van der Waals surface area contributed by atoms with Gasteiger partial charge in [0.2, 0.25) is 5.91 Å². The Hall–Kier alpha value is -1.88. The van der Waals surface area contributed by atoms with Crippen molar-refractivity contribution in [3.63, 3.8) is 0 Å². The van der Waals surface area contributed by atoms with Crippen LogP contribution in [-0.4, -0.2) is 46.9 Å². The maximum Gasteiger partial charge on any atom is 0.348 e. The average molecular weight is 462 g/mol. The Morgan fingerprint density at radius 2 is 1.75 bits per heavy atom. The molecular formula is C25H35NO5S. The molecule has 3 rings (SSSR count). The minimum absolute atomic E-state index is 0.0234. The van der Waals surface area contributed by atoms with Crippen molar-refractivity contribution in [3.05, 3.63) is 15.8 Å². The van der Waals surface area contributed by atoms with Crippen LogP contribution in [0.1, 0.15) is 86.7 Å². The quantitative estimate of drug-likeness (QED) is 0.622. The highest BCUT2D eigenvalue weighted by Gasteiger charge is 2.37. The summed E-state index contributed by atoms with van der Waals surface area (Å²) in [6, 6.07) is 1.65. The first-order valence-electron chi connectivity index (χ1n) is 11.6. The van der Waals surface area contributed by atoms with Crippen molar-refractivity contribution in [1.82, 2.24) is 0 Å². The maximum atomic E-state index is 13.8. The summed E-state index contributed by atoms with van der Waals surface area (Å²) in [5, 5.41) is 19.9. The number of amides is 1. The van der Waals surface area contributed by atoms with E-state index in [2.05, 4.69) is 18.8 Å². The number of anilines is 1. The third-order valence-corrected chi connectivity index (χ3v) is 7.82. The van der Waals surface area contributed by atoms with Gasteiger partial charge in [-0.2, -0.15) is 0 Å². The fourth-order valence-electron chi connectivity index (χ4n) is 4.55. The molecule has 2 aliphatic carbocycles. The SMILES string of the molecule is COC(C)(C)C#Cc1cc(N(C(=O)C2CCC(C)CC2)C2CCC(O)CC2)c(C(=O)O)s1. The molecule has 176 valence electrons. The number of ether oxygens (including phenoxy) is 1. The fraction of sp³-hybridized carbons (Fsp3) is 0.680. The lowest BCUT2D eigenvalue weighted by Crippen LogP contribution is -2.47. The number of carbonyl (C=O) groups is 2. The number of carboxylic acids is 1. The van der Waals surface area contributed by atoms with E-state index in [1.807, 2.05) is 13.8 Å². The molecule has 7 heteroatoms. The number of aliphatic hydroxyl groups excluding tert-OH is 1. The second-order valence-corrected chi connectivity index (χ2v) is 10.8. The lowest BCUT2D eigenvalue weighted by Gasteiger charge is -2.38. The van der Waals surface area contributed by atoms with E-state index in [0.717, 1.165) is 37.0 Å². The molecule has 0 atom stereocenters. The van der Waals surface area contributed by atoms with Crippen molar-refractivity contribution >= 4 is 28.9 Å². The van der Waals surface area contributed by atoms with E-state index in [1.54, 1.807) is 18.1 Å². The molecule has 1 amide bonds. The Bertz CT molecular complexity index is 880. The fourth-order valence-corrected chi connectivity index (χ4v) is 5.40. The molecule has 0 spiro atoms. The first-order valence-corrected chi connectivity index (χ1v) is 12.4. The van der Waals surface area contributed by atoms with Gasteiger partial charge < -0.3 is 19.8 Å². The molecule has 2 fully saturated rings. The number of nitrogens with zero attached hydrogens (tertiary/aromatic N) is 1. The molecule has 0 aromatic carbocycles. The van der Waals surface area contributed by atoms with Crippen molar-refractivity contribution in [2.24, 2.45) is 11.8 Å². The van der Waals surface area contributed by atoms with Crippen LogP contribution in [0.4, 0.5) is 5.69 Å². The van der Waals surface area contributed by atoms with Crippen molar-refractivity contribution in [1.29, 1.82) is 0 Å². The van der Waals surface area contributed by atoms with Crippen LogP contribution in [0, 0.1) is 23.7 Å². The van der Waals surface area contributed by atoms with Gasteiger partial charge in [-0.05, 0) is 77.2 Å². The smallest absolute Gasteiger partial charge is 0.348 e. The second kappa shape index (κ2) is 10.4. The third-order valence-electron chi connectivity index (χ3n) is 6.80. The normalized spacial score (nSPS) is 26.2. The van der Waals surface area contributed by atoms with Crippen LogP contribution in [0.15, 0.2) is 6.07 Å². The zero-order valence-electron chi connectivity index (χ0n) is 19.5. The van der Waals surface area contributed by atoms with Gasteiger partial charge in [0.15, 0.2) is 0 Å². The van der Waals surface area contributed by atoms with Crippen LogP contribution in [-0.2, 0) is 9.53 Å². The van der Waals surface area contributed by atoms with Gasteiger partial charge in [-0.3, -0.25) is 4.79 Å². The Morgan fingerprint density at radius 3 is 2.31 bits per heavy atom. The lowest BCUT2D eigenvalue weighted by atomic mass is 9.81. The number of hydrogen-bond acceptors (Lipinski definition) is 5. The van der Waals surface area contributed by atoms with E-state index < -0.39 is 11.6 Å². The Labute approximate surface area is 195 Å². The number of aromatic carboxylic acids is 1. The van der Waals surface area contributed by atoms with Crippen LogP contribution in [0.25, 0.3) is 0 Å². The number of aliphatic hydroxyl groups is 1. The highest BCUT2D eigenvalue weighted by molar-refractivity contribution is 7.15. The average Bonchev–Trinajstić information content (AvgIpc) is 3.18. The number of thiophene rings is 1. The van der Waals surface area contributed by atoms with Crippen molar-refractivity contribution in [2.45, 2.75) is 89.9 Å². The van der Waals surface area contributed by atoms with E-state index in [1.165, 1.54) is 0 Å². The zero-order chi connectivity index (χ0) is 23.5. The van der Waals surface area contributed by atoms with Gasteiger partial charge in [0, 0.05) is 19.1 Å². The van der Waals surface area contributed by atoms with Gasteiger partial charge >= 0.3 is 5.97 Å². The van der Waals surface area contributed by atoms with Gasteiger partial charge in [-0.1, -0.05) is 18.8 Å². The van der Waals surface area contributed by atoms with Gasteiger partial charge in [0.05, 0.1) is 16.7 Å². The molecule has 2 aliphatic rings. The molecule has 6 nitrogen and oxygen atoms in total. The summed E-state index contributed by atoms with van der Waals surface area (Å²) in [7, 11) is 1.58. The topological polar surface area (TPSA) is 87.1 Å². The summed E-state index contributed by atoms with van der Waals surface area (Å²) < 4.78 is 5.35. The molecule has 2 saturated carbocycles. The van der Waals surface area contributed by atoms with E-state index in [4.69, 9.17) is 4.74 Å². The number of methoxy groups -OCH3 is 1. The molecule has 0 saturated heterocycles. The minimum atomic E-state index is -1.05.